The fourth-order valence-electron chi connectivity index (χ4n) is 5.39. The Kier molecular flexibility index (Phi) is 29.6. The van der Waals surface area contributed by atoms with Crippen LogP contribution in [0.25, 0.3) is 0 Å². The van der Waals surface area contributed by atoms with Gasteiger partial charge in [-0.2, -0.15) is 0 Å². The van der Waals surface area contributed by atoms with Crippen molar-refractivity contribution in [2.75, 3.05) is 42.0 Å². The summed E-state index contributed by atoms with van der Waals surface area (Å²) in [4.78, 5) is 0. The third-order valence-corrected chi connectivity index (χ3v) is 8.03. The molecule has 0 amide bonds. The average Bonchev–Trinajstić information content (AvgIpc) is 3.03. The van der Waals surface area contributed by atoms with E-state index in [1.165, 1.54) is 89.9 Å². The van der Waals surface area contributed by atoms with E-state index in [0.29, 0.717) is 0 Å². The maximum Gasteiger partial charge on any atom is 0.162 e. The number of hydrogen-bond acceptors (Lipinski definition) is 7. The summed E-state index contributed by atoms with van der Waals surface area (Å²) in [5.41, 5.74) is 0. The molecule has 0 aliphatic heterocycles. The van der Waals surface area contributed by atoms with E-state index < -0.39 is 0 Å². The molecule has 0 radical (unpaired) electrons. The molecule has 2 atom stereocenters. The largest absolute Gasteiger partial charge is 0.497 e. The normalized spacial score (nSPS) is 14.1. The van der Waals surface area contributed by atoms with E-state index in [0.717, 1.165) is 61.6 Å². The summed E-state index contributed by atoms with van der Waals surface area (Å²) in [6.45, 7) is 8.86. The quantitative estimate of drug-likeness (QED) is 0.0424. The molecule has 0 rings (SSSR count). The predicted octanol–water partition coefficient (Wildman–Crippen LogP) is 10.6. The molecular weight excluding hydrogens is 544 g/mol. The first-order valence-electron chi connectivity index (χ1n) is 17.5. The summed E-state index contributed by atoms with van der Waals surface area (Å²) in [6, 6.07) is 0. The second-order valence-corrected chi connectivity index (χ2v) is 11.4. The second-order valence-electron chi connectivity index (χ2n) is 11.4. The Labute approximate surface area is 266 Å². The smallest absolute Gasteiger partial charge is 0.162 e. The molecule has 0 fully saturated rings. The molecule has 0 heterocycles. The standard InChI is InChI=1S/C36H70O7/c1-9-13-15-17-19-21-23-25-27-33(37-5)35(39-7)31(11-3)42-29-41-30-43-32(12-4)36(40-8)34(38-6)28-26-24-22-20-18-16-14-10-2/h31-32H,9-30H2,1-8H3. The van der Waals surface area contributed by atoms with Crippen molar-refractivity contribution in [1.82, 2.24) is 0 Å². The number of unbranched alkanes of at least 4 members (excludes halogenated alkanes) is 14. The minimum Gasteiger partial charge on any atom is -0.497 e. The summed E-state index contributed by atoms with van der Waals surface area (Å²) in [5, 5.41) is 0. The predicted molar refractivity (Wildman–Crippen MR) is 178 cm³/mol. The zero-order valence-electron chi connectivity index (χ0n) is 29.6. The van der Waals surface area contributed by atoms with Crippen molar-refractivity contribution < 1.29 is 33.2 Å². The molecule has 43 heavy (non-hydrogen) atoms. The van der Waals surface area contributed by atoms with E-state index in [1.54, 1.807) is 28.4 Å². The third kappa shape index (κ3) is 20.3. The number of allylic oxidation sites excluding steroid dienone is 2. The third-order valence-electron chi connectivity index (χ3n) is 8.03. The molecular formula is C36H70O7. The maximum absolute atomic E-state index is 6.05. The van der Waals surface area contributed by atoms with Gasteiger partial charge in [0.1, 0.15) is 23.7 Å². The van der Waals surface area contributed by atoms with Crippen molar-refractivity contribution in [2.24, 2.45) is 0 Å². The van der Waals surface area contributed by atoms with Gasteiger partial charge in [-0.3, -0.25) is 0 Å². The number of ether oxygens (including phenoxy) is 7. The van der Waals surface area contributed by atoms with Crippen LogP contribution in [0.15, 0.2) is 23.0 Å². The first-order chi connectivity index (χ1) is 21.1. The lowest BCUT2D eigenvalue weighted by Crippen LogP contribution is -2.23. The van der Waals surface area contributed by atoms with Gasteiger partial charge >= 0.3 is 0 Å². The van der Waals surface area contributed by atoms with E-state index in [4.69, 9.17) is 33.2 Å². The molecule has 7 nitrogen and oxygen atoms in total. The Balaban J connectivity index is 4.71. The van der Waals surface area contributed by atoms with Gasteiger partial charge in [0.05, 0.1) is 28.4 Å². The molecule has 0 spiro atoms. The van der Waals surface area contributed by atoms with Crippen LogP contribution in [-0.2, 0) is 33.2 Å². The molecule has 0 N–H and O–H groups in total. The van der Waals surface area contributed by atoms with Gasteiger partial charge in [0, 0.05) is 12.8 Å². The van der Waals surface area contributed by atoms with Gasteiger partial charge in [0.15, 0.2) is 25.1 Å². The summed E-state index contributed by atoms with van der Waals surface area (Å²) in [7, 11) is 6.79. The highest BCUT2D eigenvalue weighted by Gasteiger charge is 2.22. The average molecular weight is 615 g/mol. The van der Waals surface area contributed by atoms with Gasteiger partial charge in [-0.25, -0.2) is 0 Å². The zero-order valence-corrected chi connectivity index (χ0v) is 29.6. The molecule has 0 saturated heterocycles. The van der Waals surface area contributed by atoms with Crippen molar-refractivity contribution in [3.05, 3.63) is 23.0 Å². The SMILES string of the molecule is CCCCCCCCCCC(OC)=C(OC)C(CC)OCOCOC(CC)C(OC)=C(CCCCCCCCCC)OC. The Morgan fingerprint density at radius 1 is 0.419 bits per heavy atom. The van der Waals surface area contributed by atoms with Gasteiger partial charge in [-0.05, 0) is 25.7 Å². The molecule has 0 aromatic rings. The lowest BCUT2D eigenvalue weighted by molar-refractivity contribution is -0.164. The minimum absolute atomic E-state index is 0.0952. The van der Waals surface area contributed by atoms with Crippen LogP contribution >= 0.6 is 0 Å². The Morgan fingerprint density at radius 3 is 1.02 bits per heavy atom. The highest BCUT2D eigenvalue weighted by molar-refractivity contribution is 5.08. The van der Waals surface area contributed by atoms with Gasteiger partial charge in [0.25, 0.3) is 0 Å². The lowest BCUT2D eigenvalue weighted by atomic mass is 10.1. The summed E-state index contributed by atoms with van der Waals surface area (Å²) in [5.74, 6) is 3.22. The summed E-state index contributed by atoms with van der Waals surface area (Å²) < 4.78 is 40.8. The van der Waals surface area contributed by atoms with Crippen LogP contribution in [0, 0.1) is 0 Å². The summed E-state index contributed by atoms with van der Waals surface area (Å²) in [6.07, 6.45) is 23.1. The molecule has 0 aliphatic carbocycles. The maximum atomic E-state index is 6.05. The van der Waals surface area contributed by atoms with Crippen LogP contribution in [0.4, 0.5) is 0 Å². The van der Waals surface area contributed by atoms with Crippen LogP contribution in [0.1, 0.15) is 156 Å². The fourth-order valence-corrected chi connectivity index (χ4v) is 5.39. The van der Waals surface area contributed by atoms with Crippen molar-refractivity contribution in [1.29, 1.82) is 0 Å². The number of hydrogen-bond donors (Lipinski definition) is 0. The minimum atomic E-state index is -0.239. The molecule has 256 valence electrons. The van der Waals surface area contributed by atoms with Crippen LogP contribution < -0.4 is 0 Å². The first-order valence-corrected chi connectivity index (χ1v) is 17.5. The van der Waals surface area contributed by atoms with Gasteiger partial charge in [-0.1, -0.05) is 118 Å². The Bertz CT molecular complexity index is 621. The first kappa shape index (κ1) is 41.6. The fraction of sp³-hybridized carbons (Fsp3) is 0.889. The zero-order chi connectivity index (χ0) is 32.0. The van der Waals surface area contributed by atoms with E-state index >= 15 is 0 Å². The molecule has 0 aromatic carbocycles. The number of methoxy groups -OCH3 is 4. The van der Waals surface area contributed by atoms with Gasteiger partial charge in [-0.15, -0.1) is 0 Å². The van der Waals surface area contributed by atoms with Crippen LogP contribution in [-0.4, -0.2) is 54.2 Å². The van der Waals surface area contributed by atoms with E-state index in [9.17, 15) is 0 Å². The van der Waals surface area contributed by atoms with Crippen molar-refractivity contribution in [2.45, 2.75) is 168 Å². The van der Waals surface area contributed by atoms with Gasteiger partial charge < -0.3 is 33.2 Å². The van der Waals surface area contributed by atoms with Crippen molar-refractivity contribution in [3.8, 4) is 0 Å². The van der Waals surface area contributed by atoms with Gasteiger partial charge in [0.2, 0.25) is 0 Å². The number of rotatable bonds is 32. The Hall–Kier alpha value is -1.44. The van der Waals surface area contributed by atoms with Crippen LogP contribution in [0.3, 0.4) is 0 Å². The highest BCUT2D eigenvalue weighted by atomic mass is 16.7. The topological polar surface area (TPSA) is 64.6 Å². The highest BCUT2D eigenvalue weighted by Crippen LogP contribution is 2.24. The lowest BCUT2D eigenvalue weighted by Gasteiger charge is -2.23. The van der Waals surface area contributed by atoms with E-state index in [2.05, 4.69) is 27.7 Å². The van der Waals surface area contributed by atoms with E-state index in [-0.39, 0.29) is 25.8 Å². The van der Waals surface area contributed by atoms with Crippen molar-refractivity contribution in [3.63, 3.8) is 0 Å². The monoisotopic (exact) mass is 615 g/mol. The molecule has 0 saturated carbocycles. The van der Waals surface area contributed by atoms with Crippen LogP contribution in [0.5, 0.6) is 0 Å². The molecule has 2 unspecified atom stereocenters. The van der Waals surface area contributed by atoms with Crippen molar-refractivity contribution >= 4 is 0 Å². The molecule has 0 aliphatic rings. The molecule has 7 heteroatoms. The Morgan fingerprint density at radius 2 is 0.744 bits per heavy atom. The van der Waals surface area contributed by atoms with E-state index in [1.807, 2.05) is 0 Å². The molecule has 0 aromatic heterocycles. The second kappa shape index (κ2) is 30.6. The summed E-state index contributed by atoms with van der Waals surface area (Å²) >= 11 is 0. The van der Waals surface area contributed by atoms with Crippen LogP contribution in [0.2, 0.25) is 0 Å². The molecule has 0 bridgehead atoms.